The highest BCUT2D eigenvalue weighted by Gasteiger charge is 2.39. The van der Waals surface area contributed by atoms with Crippen LogP contribution in [0.1, 0.15) is 24.3 Å². The van der Waals surface area contributed by atoms with E-state index in [-0.39, 0.29) is 0 Å². The van der Waals surface area contributed by atoms with Crippen molar-refractivity contribution in [2.75, 3.05) is 19.9 Å². The van der Waals surface area contributed by atoms with Gasteiger partial charge in [0.1, 0.15) is 22.3 Å². The third-order valence-corrected chi connectivity index (χ3v) is 7.29. The van der Waals surface area contributed by atoms with Crippen LogP contribution >= 0.6 is 11.3 Å². The fourth-order valence-corrected chi connectivity index (χ4v) is 5.65. The van der Waals surface area contributed by atoms with E-state index >= 15 is 0 Å². The van der Waals surface area contributed by atoms with Crippen molar-refractivity contribution in [3.8, 4) is 5.75 Å². The number of hydrogen-bond acceptors (Lipinski definition) is 5. The van der Waals surface area contributed by atoms with Crippen LogP contribution in [0.4, 0.5) is 0 Å². The lowest BCUT2D eigenvalue weighted by molar-refractivity contribution is 0.420. The summed E-state index contributed by atoms with van der Waals surface area (Å²) in [6.07, 6.45) is 0. The summed E-state index contributed by atoms with van der Waals surface area (Å²) in [7, 11) is 2.15. The highest BCUT2D eigenvalue weighted by Crippen LogP contribution is 2.46. The van der Waals surface area contributed by atoms with E-state index in [9.17, 15) is 4.21 Å². The molecule has 1 aliphatic rings. The van der Waals surface area contributed by atoms with Crippen molar-refractivity contribution >= 4 is 43.9 Å². The second-order valence-corrected chi connectivity index (χ2v) is 8.63. The van der Waals surface area contributed by atoms with Crippen molar-refractivity contribution in [3.05, 3.63) is 35.2 Å². The molecule has 1 aromatic carbocycles. The molecule has 0 bridgehead atoms. The number of nitrogens with two attached hydrogens (primary N) is 1. The Labute approximate surface area is 148 Å². The van der Waals surface area contributed by atoms with Gasteiger partial charge in [0, 0.05) is 22.9 Å². The van der Waals surface area contributed by atoms with Gasteiger partial charge >= 0.3 is 0 Å². The van der Waals surface area contributed by atoms with E-state index in [0.717, 1.165) is 31.8 Å². The molecule has 1 aliphatic heterocycles. The second kappa shape index (κ2) is 5.89. The maximum atomic E-state index is 12.4. The third-order valence-electron chi connectivity index (χ3n) is 4.21. The van der Waals surface area contributed by atoms with Crippen LogP contribution < -0.4 is 10.5 Å². The lowest BCUT2D eigenvalue weighted by atomic mass is 9.94. The van der Waals surface area contributed by atoms with E-state index < -0.39 is 16.5 Å². The van der Waals surface area contributed by atoms with Gasteiger partial charge in [0.25, 0.3) is 0 Å². The van der Waals surface area contributed by atoms with Gasteiger partial charge in [-0.15, -0.1) is 11.3 Å². The fraction of sp³-hybridized carbons (Fsp3) is 0.353. The smallest absolute Gasteiger partial charge is 0.204 e. The van der Waals surface area contributed by atoms with Crippen LogP contribution in [0.15, 0.2) is 29.8 Å². The summed E-state index contributed by atoms with van der Waals surface area (Å²) in [5.74, 6) is 1.50. The minimum atomic E-state index is -1.21. The van der Waals surface area contributed by atoms with Crippen LogP contribution in [0, 0.1) is 0 Å². The van der Waals surface area contributed by atoms with E-state index in [1.807, 2.05) is 26.0 Å². The number of thiophene rings is 1. The summed E-state index contributed by atoms with van der Waals surface area (Å²) < 4.78 is 20.5. The van der Waals surface area contributed by atoms with Gasteiger partial charge in [-0.2, -0.15) is 0 Å². The molecular weight excluding hydrogens is 342 g/mol. The van der Waals surface area contributed by atoms with Gasteiger partial charge in [-0.1, -0.05) is 18.7 Å². The number of nitrogens with zero attached hydrogens (tertiary/aromatic N) is 2. The number of allylic oxidation sites excluding steroid dienone is 1. The normalized spacial score (nSPS) is 24.1. The summed E-state index contributed by atoms with van der Waals surface area (Å²) in [6, 6.07) is 5.97. The summed E-state index contributed by atoms with van der Waals surface area (Å²) in [4.78, 5) is 5.69. The Hall–Kier alpha value is -1.86. The van der Waals surface area contributed by atoms with Crippen molar-refractivity contribution in [2.45, 2.75) is 19.4 Å². The molecule has 3 rings (SSSR count). The van der Waals surface area contributed by atoms with Gasteiger partial charge in [-0.05, 0) is 25.5 Å². The molecule has 2 N–H and O–H groups in total. The quantitative estimate of drug-likeness (QED) is 0.911. The molecule has 7 heteroatoms. The Bertz CT molecular complexity index is 887. The van der Waals surface area contributed by atoms with Crippen molar-refractivity contribution in [1.29, 1.82) is 0 Å². The van der Waals surface area contributed by atoms with Gasteiger partial charge in [-0.25, -0.2) is 9.20 Å². The molecule has 0 saturated heterocycles. The van der Waals surface area contributed by atoms with E-state index in [4.69, 9.17) is 10.5 Å². The molecule has 2 unspecified atom stereocenters. The highest BCUT2D eigenvalue weighted by molar-refractivity contribution is 7.83. The van der Waals surface area contributed by atoms with Crippen molar-refractivity contribution in [3.63, 3.8) is 0 Å². The van der Waals surface area contributed by atoms with Gasteiger partial charge < -0.3 is 10.5 Å². The van der Waals surface area contributed by atoms with Crippen LogP contribution in [0.25, 0.3) is 15.7 Å². The minimum Gasteiger partial charge on any atom is -0.495 e. The second-order valence-electron chi connectivity index (χ2n) is 6.13. The van der Waals surface area contributed by atoms with E-state index in [1.54, 1.807) is 25.5 Å². The van der Waals surface area contributed by atoms with Crippen LogP contribution in [0.3, 0.4) is 0 Å². The number of benzene rings is 1. The Morgan fingerprint density at radius 3 is 2.83 bits per heavy atom. The molecule has 0 amide bonds. The third kappa shape index (κ3) is 2.52. The first kappa shape index (κ1) is 17.0. The summed E-state index contributed by atoms with van der Waals surface area (Å²) in [6.45, 7) is 8.10. The zero-order valence-electron chi connectivity index (χ0n) is 14.3. The monoisotopic (exact) mass is 363 g/mol. The van der Waals surface area contributed by atoms with Crippen LogP contribution in [0.5, 0.6) is 5.75 Å². The highest BCUT2D eigenvalue weighted by atomic mass is 32.2. The number of hydrogen-bond donors (Lipinski definition) is 1. The van der Waals surface area contributed by atoms with Gasteiger partial charge in [-0.3, -0.25) is 4.31 Å². The molecule has 0 fully saturated rings. The molecule has 2 aromatic rings. The first-order valence-electron chi connectivity index (χ1n) is 7.52. The molecule has 0 radical (unpaired) electrons. The molecule has 24 heavy (non-hydrogen) atoms. The van der Waals surface area contributed by atoms with Crippen molar-refractivity contribution in [1.82, 2.24) is 4.31 Å². The predicted molar refractivity (Wildman–Crippen MR) is 103 cm³/mol. The minimum absolute atomic E-state index is 0.291. The Kier molecular flexibility index (Phi) is 4.17. The lowest BCUT2D eigenvalue weighted by Crippen LogP contribution is -2.47. The molecule has 0 spiro atoms. The lowest BCUT2D eigenvalue weighted by Gasteiger charge is -2.33. The number of ether oxygens (including phenoxy) is 1. The molecule has 0 saturated carbocycles. The Morgan fingerprint density at radius 2 is 2.25 bits per heavy atom. The molecule has 2 heterocycles. The topological polar surface area (TPSA) is 67.9 Å². The average molecular weight is 364 g/mol. The largest absolute Gasteiger partial charge is 0.495 e. The summed E-state index contributed by atoms with van der Waals surface area (Å²) in [5, 5.41) is 1.08. The number of rotatable bonds is 3. The molecule has 128 valence electrons. The number of fused-ring (bicyclic) bond motifs is 1. The van der Waals surface area contributed by atoms with E-state index in [2.05, 4.69) is 17.6 Å². The number of guanidine groups is 1. The zero-order chi connectivity index (χ0) is 17.6. The number of methoxy groups -OCH3 is 1. The Morgan fingerprint density at radius 1 is 1.54 bits per heavy atom. The van der Waals surface area contributed by atoms with Crippen molar-refractivity contribution < 1.29 is 8.95 Å². The molecule has 5 nitrogen and oxygen atoms in total. The van der Waals surface area contributed by atoms with E-state index in [1.165, 1.54) is 4.31 Å². The zero-order valence-corrected chi connectivity index (χ0v) is 15.9. The first-order chi connectivity index (χ1) is 11.3. The maximum absolute atomic E-state index is 12.4. The standard InChI is InChI=1S/C17H21N3O2S2/c1-10(2)13-11-7-6-8-12(22-5)14(11)23-15(13)17(3)9-24(21)20(4)16(18)19-17/h6-8H,1,9H2,2-5H3,(H2,18,19). The fourth-order valence-electron chi connectivity index (χ4n) is 2.97. The summed E-state index contributed by atoms with van der Waals surface area (Å²) >= 11 is 1.61. The van der Waals surface area contributed by atoms with Gasteiger partial charge in [0.05, 0.1) is 17.6 Å². The molecule has 2 atom stereocenters. The van der Waals surface area contributed by atoms with E-state index in [0.29, 0.717) is 11.7 Å². The summed E-state index contributed by atoms with van der Waals surface area (Å²) in [5.41, 5.74) is 7.35. The van der Waals surface area contributed by atoms with Crippen LogP contribution in [0.2, 0.25) is 0 Å². The maximum Gasteiger partial charge on any atom is 0.204 e. The van der Waals surface area contributed by atoms with Gasteiger partial charge in [0.2, 0.25) is 5.96 Å². The number of aliphatic imine (C=N–C) groups is 1. The van der Waals surface area contributed by atoms with Crippen molar-refractivity contribution in [2.24, 2.45) is 10.7 Å². The first-order valence-corrected chi connectivity index (χ1v) is 9.61. The van der Waals surface area contributed by atoms with Gasteiger partial charge in [0.15, 0.2) is 0 Å². The molecule has 0 aliphatic carbocycles. The molecule has 1 aromatic heterocycles. The average Bonchev–Trinajstić information content (AvgIpc) is 2.93. The Balaban J connectivity index is 2.32. The van der Waals surface area contributed by atoms with Crippen LogP contribution in [-0.4, -0.2) is 34.4 Å². The predicted octanol–water partition coefficient (Wildman–Crippen LogP) is 3.08. The molecular formula is C17H21N3O2S2. The SMILES string of the molecule is C=C(C)c1c(C2(C)CS(=O)N(C)C(N)=N2)sc2c(OC)cccc12. The van der Waals surface area contributed by atoms with Crippen LogP contribution in [-0.2, 0) is 16.5 Å².